The molecule has 0 amide bonds. The molecule has 3 heteroatoms. The van der Waals surface area contributed by atoms with Crippen molar-refractivity contribution in [3.05, 3.63) is 51.2 Å². The van der Waals surface area contributed by atoms with Crippen molar-refractivity contribution >= 4 is 11.3 Å². The first kappa shape index (κ1) is 13.7. The second-order valence-electron chi connectivity index (χ2n) is 5.43. The molecule has 2 N–H and O–H groups in total. The summed E-state index contributed by atoms with van der Waals surface area (Å²) >= 11 is 1.76. The molecule has 1 aromatic carbocycles. The number of thiophene rings is 1. The molecule has 1 atom stereocenters. The highest BCUT2D eigenvalue weighted by Gasteiger charge is 2.15. The minimum absolute atomic E-state index is 0.0321. The van der Waals surface area contributed by atoms with Crippen LogP contribution in [-0.4, -0.2) is 6.54 Å². The van der Waals surface area contributed by atoms with Crippen LogP contribution < -0.4 is 10.5 Å². The summed E-state index contributed by atoms with van der Waals surface area (Å²) in [6.07, 6.45) is 4.96. The van der Waals surface area contributed by atoms with Crippen molar-refractivity contribution < 1.29 is 4.74 Å². The van der Waals surface area contributed by atoms with E-state index in [2.05, 4.69) is 37.3 Å². The molecule has 20 heavy (non-hydrogen) atoms. The van der Waals surface area contributed by atoms with E-state index in [-0.39, 0.29) is 6.10 Å². The molecule has 0 bridgehead atoms. The van der Waals surface area contributed by atoms with Crippen LogP contribution in [0.1, 0.15) is 39.8 Å². The molecule has 1 aromatic heterocycles. The Hall–Kier alpha value is -1.32. The van der Waals surface area contributed by atoms with E-state index >= 15 is 0 Å². The van der Waals surface area contributed by atoms with E-state index in [0.29, 0.717) is 6.54 Å². The Labute approximate surface area is 124 Å². The highest BCUT2D eigenvalue weighted by molar-refractivity contribution is 7.12. The van der Waals surface area contributed by atoms with Gasteiger partial charge in [0.2, 0.25) is 0 Å². The van der Waals surface area contributed by atoms with Crippen molar-refractivity contribution in [2.75, 3.05) is 6.54 Å². The van der Waals surface area contributed by atoms with E-state index in [0.717, 1.165) is 5.75 Å². The third-order valence-electron chi connectivity index (χ3n) is 3.89. The number of hydrogen-bond acceptors (Lipinski definition) is 3. The minimum Gasteiger partial charge on any atom is -0.484 e. The standard InChI is InChI=1S/C17H21NOS/c1-12-6-9-17(20-12)16(11-18)19-15-8-7-13-4-2-3-5-14(13)10-15/h6-10,16H,2-5,11,18H2,1H3. The van der Waals surface area contributed by atoms with Gasteiger partial charge in [-0.05, 0) is 68.0 Å². The molecule has 0 saturated heterocycles. The van der Waals surface area contributed by atoms with Crippen LogP contribution in [0.25, 0.3) is 0 Å². The Kier molecular flexibility index (Phi) is 4.08. The molecule has 2 aromatic rings. The Morgan fingerprint density at radius 1 is 1.15 bits per heavy atom. The van der Waals surface area contributed by atoms with Crippen molar-refractivity contribution in [2.45, 2.75) is 38.7 Å². The van der Waals surface area contributed by atoms with Crippen molar-refractivity contribution in [1.29, 1.82) is 0 Å². The molecule has 1 heterocycles. The molecule has 0 aliphatic heterocycles. The van der Waals surface area contributed by atoms with Crippen LogP contribution in [0.4, 0.5) is 0 Å². The predicted molar refractivity (Wildman–Crippen MR) is 84.6 cm³/mol. The summed E-state index contributed by atoms with van der Waals surface area (Å²) in [6, 6.07) is 10.8. The quantitative estimate of drug-likeness (QED) is 0.922. The van der Waals surface area contributed by atoms with Gasteiger partial charge in [-0.2, -0.15) is 0 Å². The highest BCUT2D eigenvalue weighted by Crippen LogP contribution is 2.30. The van der Waals surface area contributed by atoms with Gasteiger partial charge in [0.15, 0.2) is 0 Å². The van der Waals surface area contributed by atoms with Gasteiger partial charge in [-0.15, -0.1) is 11.3 Å². The summed E-state index contributed by atoms with van der Waals surface area (Å²) in [5, 5.41) is 0. The van der Waals surface area contributed by atoms with Gasteiger partial charge < -0.3 is 10.5 Å². The van der Waals surface area contributed by atoms with Crippen LogP contribution in [0.5, 0.6) is 5.75 Å². The van der Waals surface area contributed by atoms with E-state index in [9.17, 15) is 0 Å². The van der Waals surface area contributed by atoms with Crippen molar-refractivity contribution in [3.8, 4) is 5.75 Å². The lowest BCUT2D eigenvalue weighted by molar-refractivity contribution is 0.217. The zero-order valence-electron chi connectivity index (χ0n) is 11.9. The van der Waals surface area contributed by atoms with E-state index in [1.165, 1.54) is 46.6 Å². The second-order valence-corrected chi connectivity index (χ2v) is 6.75. The third kappa shape index (κ3) is 2.89. The Balaban J connectivity index is 1.79. The summed E-state index contributed by atoms with van der Waals surface area (Å²) in [4.78, 5) is 2.51. The molecule has 1 unspecified atom stereocenters. The number of fused-ring (bicyclic) bond motifs is 1. The normalized spacial score (nSPS) is 15.7. The molecule has 1 aliphatic rings. The average Bonchev–Trinajstić information content (AvgIpc) is 2.91. The lowest BCUT2D eigenvalue weighted by Crippen LogP contribution is -2.17. The average molecular weight is 287 g/mol. The van der Waals surface area contributed by atoms with Crippen LogP contribution in [0.3, 0.4) is 0 Å². The summed E-state index contributed by atoms with van der Waals surface area (Å²) in [5.41, 5.74) is 8.82. The lowest BCUT2D eigenvalue weighted by atomic mass is 9.92. The zero-order chi connectivity index (χ0) is 13.9. The number of nitrogens with two attached hydrogens (primary N) is 1. The van der Waals surface area contributed by atoms with E-state index < -0.39 is 0 Å². The first-order valence-electron chi connectivity index (χ1n) is 7.31. The number of benzene rings is 1. The van der Waals surface area contributed by atoms with Crippen molar-refractivity contribution in [1.82, 2.24) is 0 Å². The number of aryl methyl sites for hydroxylation is 3. The maximum Gasteiger partial charge on any atom is 0.145 e. The van der Waals surface area contributed by atoms with Gasteiger partial charge in [0.25, 0.3) is 0 Å². The maximum atomic E-state index is 6.11. The van der Waals surface area contributed by atoms with Gasteiger partial charge in [0.05, 0.1) is 0 Å². The molecule has 1 aliphatic carbocycles. The first-order valence-corrected chi connectivity index (χ1v) is 8.13. The fraction of sp³-hybridized carbons (Fsp3) is 0.412. The van der Waals surface area contributed by atoms with Crippen LogP contribution in [0.2, 0.25) is 0 Å². The van der Waals surface area contributed by atoms with Crippen LogP contribution >= 0.6 is 11.3 Å². The smallest absolute Gasteiger partial charge is 0.145 e. The SMILES string of the molecule is Cc1ccc(C(CN)Oc2ccc3c(c2)CCCC3)s1. The molecular weight excluding hydrogens is 266 g/mol. The monoisotopic (exact) mass is 287 g/mol. The summed E-state index contributed by atoms with van der Waals surface area (Å²) in [6.45, 7) is 2.62. The van der Waals surface area contributed by atoms with E-state index in [1.54, 1.807) is 11.3 Å². The first-order chi connectivity index (χ1) is 9.76. The Bertz CT molecular complexity index is 590. The molecule has 2 nitrogen and oxygen atoms in total. The lowest BCUT2D eigenvalue weighted by Gasteiger charge is -2.20. The molecule has 0 radical (unpaired) electrons. The molecule has 3 rings (SSSR count). The molecule has 0 saturated carbocycles. The van der Waals surface area contributed by atoms with Crippen molar-refractivity contribution in [3.63, 3.8) is 0 Å². The van der Waals surface area contributed by atoms with E-state index in [1.807, 2.05) is 0 Å². The zero-order valence-corrected chi connectivity index (χ0v) is 12.7. The van der Waals surface area contributed by atoms with Gasteiger partial charge in [0.1, 0.15) is 11.9 Å². The fourth-order valence-corrected chi connectivity index (χ4v) is 3.72. The number of rotatable bonds is 4. The predicted octanol–water partition coefficient (Wildman–Crippen LogP) is 4.01. The van der Waals surface area contributed by atoms with Crippen LogP contribution in [-0.2, 0) is 12.8 Å². The third-order valence-corrected chi connectivity index (χ3v) is 4.98. The van der Waals surface area contributed by atoms with Gasteiger partial charge in [-0.3, -0.25) is 0 Å². The number of ether oxygens (including phenoxy) is 1. The van der Waals surface area contributed by atoms with Gasteiger partial charge >= 0.3 is 0 Å². The highest BCUT2D eigenvalue weighted by atomic mass is 32.1. The fourth-order valence-electron chi connectivity index (χ4n) is 2.80. The molecule has 0 spiro atoms. The van der Waals surface area contributed by atoms with E-state index in [4.69, 9.17) is 10.5 Å². The maximum absolute atomic E-state index is 6.11. The summed E-state index contributed by atoms with van der Waals surface area (Å²) in [5.74, 6) is 0.951. The van der Waals surface area contributed by atoms with Crippen molar-refractivity contribution in [2.24, 2.45) is 5.73 Å². The topological polar surface area (TPSA) is 35.2 Å². The molecule has 106 valence electrons. The van der Waals surface area contributed by atoms with Crippen LogP contribution in [0, 0.1) is 6.92 Å². The van der Waals surface area contributed by atoms with Gasteiger partial charge in [-0.1, -0.05) is 6.07 Å². The largest absolute Gasteiger partial charge is 0.484 e. The number of hydrogen-bond donors (Lipinski definition) is 1. The van der Waals surface area contributed by atoms with Gasteiger partial charge in [0, 0.05) is 16.3 Å². The Morgan fingerprint density at radius 2 is 1.95 bits per heavy atom. The van der Waals surface area contributed by atoms with Crippen LogP contribution in [0.15, 0.2) is 30.3 Å². The summed E-state index contributed by atoms with van der Waals surface area (Å²) < 4.78 is 6.11. The minimum atomic E-state index is -0.0321. The molecule has 0 fully saturated rings. The summed E-state index contributed by atoms with van der Waals surface area (Å²) in [7, 11) is 0. The Morgan fingerprint density at radius 3 is 2.65 bits per heavy atom. The second kappa shape index (κ2) is 5.98. The molecular formula is C17H21NOS. The van der Waals surface area contributed by atoms with Gasteiger partial charge in [-0.25, -0.2) is 0 Å².